The number of rotatable bonds is 6. The Bertz CT molecular complexity index is 894. The first-order valence-electron chi connectivity index (χ1n) is 11.1. The third kappa shape index (κ3) is 4.36. The van der Waals surface area contributed by atoms with Crippen LogP contribution in [0.3, 0.4) is 0 Å². The maximum atomic E-state index is 13.7. The van der Waals surface area contributed by atoms with Crippen molar-refractivity contribution in [3.63, 3.8) is 0 Å². The van der Waals surface area contributed by atoms with E-state index in [1.807, 2.05) is 55.5 Å². The Balaban J connectivity index is 1.54. The third-order valence-corrected chi connectivity index (χ3v) is 6.58. The molecule has 0 bridgehead atoms. The highest BCUT2D eigenvalue weighted by Gasteiger charge is 2.54. The Labute approximate surface area is 183 Å². The van der Waals surface area contributed by atoms with Crippen molar-refractivity contribution in [1.29, 1.82) is 0 Å². The van der Waals surface area contributed by atoms with Crippen LogP contribution in [-0.4, -0.2) is 58.2 Å². The maximum Gasteiger partial charge on any atom is 0.328 e. The lowest BCUT2D eigenvalue weighted by Gasteiger charge is -2.45. The van der Waals surface area contributed by atoms with Crippen molar-refractivity contribution in [1.82, 2.24) is 9.80 Å². The Hall–Kier alpha value is -2.70. The van der Waals surface area contributed by atoms with Crippen molar-refractivity contribution in [2.75, 3.05) is 19.7 Å². The average molecular weight is 423 g/mol. The van der Waals surface area contributed by atoms with E-state index >= 15 is 0 Å². The van der Waals surface area contributed by atoms with Crippen LogP contribution in [0.15, 0.2) is 60.7 Å². The number of carbonyl (C=O) groups excluding carboxylic acids is 1. The Kier molecular flexibility index (Phi) is 6.39. The molecule has 164 valence electrons. The van der Waals surface area contributed by atoms with Gasteiger partial charge >= 0.3 is 5.97 Å². The zero-order valence-corrected chi connectivity index (χ0v) is 17.9. The molecular weight excluding hydrogens is 392 g/mol. The highest BCUT2D eigenvalue weighted by atomic mass is 16.5. The van der Waals surface area contributed by atoms with Gasteiger partial charge in [-0.1, -0.05) is 67.6 Å². The number of carboxylic acid groups (broad SMARTS) is 1. The third-order valence-electron chi connectivity index (χ3n) is 6.58. The quantitative estimate of drug-likeness (QED) is 0.772. The number of carbonyl (C=O) groups is 2. The molecule has 1 amide bonds. The number of likely N-dealkylation sites (tertiary alicyclic amines) is 1. The number of hydrogen-bond acceptors (Lipinski definition) is 4. The number of ether oxygens (including phenoxy) is 1. The largest absolute Gasteiger partial charge is 0.480 e. The minimum atomic E-state index is -1.00. The van der Waals surface area contributed by atoms with Gasteiger partial charge in [-0.2, -0.15) is 0 Å². The van der Waals surface area contributed by atoms with Crippen LogP contribution in [0.5, 0.6) is 0 Å². The van der Waals surface area contributed by atoms with Gasteiger partial charge in [0, 0.05) is 32.5 Å². The number of hydrogen-bond donors (Lipinski definition) is 1. The first kappa shape index (κ1) is 21.5. The van der Waals surface area contributed by atoms with Crippen LogP contribution in [0, 0.1) is 0 Å². The molecule has 1 spiro atoms. The summed E-state index contributed by atoms with van der Waals surface area (Å²) in [5.41, 5.74) is 1.33. The number of aliphatic carboxylic acids is 1. The Morgan fingerprint density at radius 2 is 1.68 bits per heavy atom. The van der Waals surface area contributed by atoms with Gasteiger partial charge in [0.05, 0.1) is 12.5 Å². The van der Waals surface area contributed by atoms with Crippen LogP contribution in [0.4, 0.5) is 0 Å². The first-order chi connectivity index (χ1) is 15.0. The summed E-state index contributed by atoms with van der Waals surface area (Å²) in [5, 5.41) is 9.83. The average Bonchev–Trinajstić information content (AvgIpc) is 3.16. The van der Waals surface area contributed by atoms with Crippen LogP contribution >= 0.6 is 0 Å². The summed E-state index contributed by atoms with van der Waals surface area (Å²) in [4.78, 5) is 29.6. The monoisotopic (exact) mass is 422 g/mol. The number of benzene rings is 2. The second kappa shape index (κ2) is 9.20. The Morgan fingerprint density at radius 3 is 2.26 bits per heavy atom. The van der Waals surface area contributed by atoms with Crippen molar-refractivity contribution >= 4 is 11.9 Å². The predicted octanol–water partition coefficient (Wildman–Crippen LogP) is 3.48. The van der Waals surface area contributed by atoms with Gasteiger partial charge in [-0.3, -0.25) is 14.6 Å². The second-order valence-corrected chi connectivity index (χ2v) is 8.45. The summed E-state index contributed by atoms with van der Waals surface area (Å²) in [5.74, 6) is -1.51. The molecule has 0 unspecified atom stereocenters. The fraction of sp³-hybridized carbons (Fsp3) is 0.440. The van der Waals surface area contributed by atoms with Gasteiger partial charge in [0.25, 0.3) is 0 Å². The van der Waals surface area contributed by atoms with Gasteiger partial charge in [0.2, 0.25) is 5.91 Å². The highest BCUT2D eigenvalue weighted by molar-refractivity contribution is 5.89. The minimum absolute atomic E-state index is 0.0466. The molecule has 2 heterocycles. The molecule has 2 fully saturated rings. The van der Waals surface area contributed by atoms with E-state index in [0.717, 1.165) is 25.2 Å². The van der Waals surface area contributed by atoms with E-state index in [4.69, 9.17) is 4.74 Å². The molecule has 31 heavy (non-hydrogen) atoms. The SMILES string of the molecule is CC[C@H](C(=O)N1[C@H](C(=O)O)COC12CCN(Cc1ccccc1)CC2)c1ccccc1. The van der Waals surface area contributed by atoms with Crippen LogP contribution in [0.2, 0.25) is 0 Å². The van der Waals surface area contributed by atoms with E-state index in [2.05, 4.69) is 17.0 Å². The molecule has 0 aromatic heterocycles. The van der Waals surface area contributed by atoms with Crippen LogP contribution < -0.4 is 0 Å². The zero-order chi connectivity index (χ0) is 21.8. The molecule has 2 atom stereocenters. The standard InChI is InChI=1S/C25H30N2O4/c1-2-21(20-11-7-4-8-12-20)23(28)27-22(24(29)30)18-31-25(27)13-15-26(16-14-25)17-19-9-5-3-6-10-19/h3-12,21-22H,2,13-18H2,1H3,(H,29,30)/t21-,22-/m0/s1. The van der Waals surface area contributed by atoms with E-state index in [0.29, 0.717) is 19.3 Å². The van der Waals surface area contributed by atoms with Crippen molar-refractivity contribution in [2.45, 2.75) is 50.4 Å². The molecule has 2 aromatic rings. The number of nitrogens with zero attached hydrogens (tertiary/aromatic N) is 2. The van der Waals surface area contributed by atoms with Crippen LogP contribution in [-0.2, 0) is 20.9 Å². The lowest BCUT2D eigenvalue weighted by Crippen LogP contribution is -2.59. The van der Waals surface area contributed by atoms with Gasteiger partial charge in [-0.15, -0.1) is 0 Å². The topological polar surface area (TPSA) is 70.1 Å². The second-order valence-electron chi connectivity index (χ2n) is 8.45. The number of amides is 1. The van der Waals surface area contributed by atoms with Gasteiger partial charge in [0.1, 0.15) is 5.72 Å². The fourth-order valence-electron chi connectivity index (χ4n) is 4.89. The lowest BCUT2D eigenvalue weighted by atomic mass is 9.91. The first-order valence-corrected chi connectivity index (χ1v) is 11.1. The van der Waals surface area contributed by atoms with E-state index in [-0.39, 0.29) is 18.4 Å². The van der Waals surface area contributed by atoms with Gasteiger partial charge in [-0.05, 0) is 17.5 Å². The van der Waals surface area contributed by atoms with Crippen molar-refractivity contribution in [3.8, 4) is 0 Å². The summed E-state index contributed by atoms with van der Waals surface area (Å²) in [6, 6.07) is 19.0. The maximum absolute atomic E-state index is 13.7. The molecule has 6 nitrogen and oxygen atoms in total. The van der Waals surface area contributed by atoms with Crippen molar-refractivity contribution in [2.24, 2.45) is 0 Å². The van der Waals surface area contributed by atoms with E-state index in [1.165, 1.54) is 5.56 Å². The molecule has 2 aliphatic heterocycles. The van der Waals surface area contributed by atoms with E-state index in [9.17, 15) is 14.7 Å². The van der Waals surface area contributed by atoms with E-state index < -0.39 is 17.7 Å². The molecular formula is C25H30N2O4. The lowest BCUT2D eigenvalue weighted by molar-refractivity contribution is -0.167. The zero-order valence-electron chi connectivity index (χ0n) is 17.9. The number of carboxylic acids is 1. The van der Waals surface area contributed by atoms with Gasteiger partial charge in [0.15, 0.2) is 6.04 Å². The molecule has 4 rings (SSSR count). The molecule has 1 N–H and O–H groups in total. The fourth-order valence-corrected chi connectivity index (χ4v) is 4.89. The normalized spacial score (nSPS) is 21.8. The Morgan fingerprint density at radius 1 is 1.06 bits per heavy atom. The van der Waals surface area contributed by atoms with Crippen molar-refractivity contribution in [3.05, 3.63) is 71.8 Å². The summed E-state index contributed by atoms with van der Waals surface area (Å²) in [6.07, 6.45) is 1.84. The van der Waals surface area contributed by atoms with Gasteiger partial charge < -0.3 is 9.84 Å². The van der Waals surface area contributed by atoms with Crippen LogP contribution in [0.25, 0.3) is 0 Å². The molecule has 0 saturated carbocycles. The van der Waals surface area contributed by atoms with Gasteiger partial charge in [-0.25, -0.2) is 4.79 Å². The molecule has 2 aliphatic rings. The highest BCUT2D eigenvalue weighted by Crippen LogP contribution is 2.40. The molecule has 0 radical (unpaired) electrons. The number of piperidine rings is 1. The summed E-state index contributed by atoms with van der Waals surface area (Å²) in [6.45, 7) is 4.37. The molecule has 2 aromatic carbocycles. The van der Waals surface area contributed by atoms with Crippen LogP contribution in [0.1, 0.15) is 43.2 Å². The molecule has 6 heteroatoms. The van der Waals surface area contributed by atoms with Crippen molar-refractivity contribution < 1.29 is 19.4 Å². The molecule has 2 saturated heterocycles. The summed E-state index contributed by atoms with van der Waals surface area (Å²) >= 11 is 0. The molecule has 0 aliphatic carbocycles. The summed E-state index contributed by atoms with van der Waals surface area (Å²) in [7, 11) is 0. The van der Waals surface area contributed by atoms with E-state index in [1.54, 1.807) is 4.90 Å². The summed E-state index contributed by atoms with van der Waals surface area (Å²) < 4.78 is 6.12. The smallest absolute Gasteiger partial charge is 0.328 e. The predicted molar refractivity (Wildman–Crippen MR) is 117 cm³/mol. The minimum Gasteiger partial charge on any atom is -0.480 e.